The molecule has 0 aliphatic heterocycles. The number of halogens is 1. The SMILES string of the molecule is O=C(CC(=O)N/N=C/c1ccccc1Cl)NCCc1ccccc1. The van der Waals surface area contributed by atoms with Crippen molar-refractivity contribution in [2.24, 2.45) is 5.10 Å². The third-order valence-corrected chi connectivity index (χ3v) is 3.54. The first-order chi connectivity index (χ1) is 11.6. The molecule has 0 fully saturated rings. The molecule has 0 saturated carbocycles. The number of carbonyl (C=O) groups excluding carboxylic acids is 2. The molecule has 0 aromatic heterocycles. The third kappa shape index (κ3) is 6.22. The summed E-state index contributed by atoms with van der Waals surface area (Å²) >= 11 is 5.96. The minimum absolute atomic E-state index is 0.269. The van der Waals surface area contributed by atoms with E-state index in [1.807, 2.05) is 36.4 Å². The molecule has 5 nitrogen and oxygen atoms in total. The summed E-state index contributed by atoms with van der Waals surface area (Å²) in [6.07, 6.45) is 1.89. The van der Waals surface area contributed by atoms with E-state index in [0.717, 1.165) is 12.0 Å². The average Bonchev–Trinajstić information content (AvgIpc) is 2.57. The van der Waals surface area contributed by atoms with Crippen LogP contribution in [0.4, 0.5) is 0 Å². The molecule has 0 saturated heterocycles. The summed E-state index contributed by atoms with van der Waals surface area (Å²) in [5.41, 5.74) is 4.13. The summed E-state index contributed by atoms with van der Waals surface area (Å²) in [5, 5.41) is 7.04. The van der Waals surface area contributed by atoms with Gasteiger partial charge in [0, 0.05) is 17.1 Å². The van der Waals surface area contributed by atoms with Gasteiger partial charge in [0.2, 0.25) is 11.8 Å². The average molecular weight is 344 g/mol. The summed E-state index contributed by atoms with van der Waals surface area (Å²) in [6, 6.07) is 16.9. The number of amides is 2. The quantitative estimate of drug-likeness (QED) is 0.461. The van der Waals surface area contributed by atoms with Gasteiger partial charge in [-0.05, 0) is 18.1 Å². The zero-order valence-electron chi connectivity index (χ0n) is 13.0. The molecule has 0 bridgehead atoms. The molecule has 24 heavy (non-hydrogen) atoms. The monoisotopic (exact) mass is 343 g/mol. The first-order valence-electron chi connectivity index (χ1n) is 7.52. The van der Waals surface area contributed by atoms with E-state index in [-0.39, 0.29) is 12.3 Å². The van der Waals surface area contributed by atoms with Crippen molar-refractivity contribution in [3.63, 3.8) is 0 Å². The highest BCUT2D eigenvalue weighted by atomic mass is 35.5. The first-order valence-corrected chi connectivity index (χ1v) is 7.90. The third-order valence-electron chi connectivity index (χ3n) is 3.20. The molecule has 6 heteroatoms. The van der Waals surface area contributed by atoms with Gasteiger partial charge in [0.15, 0.2) is 0 Å². The predicted octanol–water partition coefficient (Wildman–Crippen LogP) is 2.54. The Hall–Kier alpha value is -2.66. The standard InChI is InChI=1S/C18H18ClN3O2/c19-16-9-5-4-8-15(16)13-21-22-18(24)12-17(23)20-11-10-14-6-2-1-3-7-14/h1-9,13H,10-12H2,(H,20,23)(H,22,24)/b21-13+. The number of hydrazone groups is 1. The lowest BCUT2D eigenvalue weighted by Gasteiger charge is -2.04. The molecule has 0 aliphatic carbocycles. The number of rotatable bonds is 7. The van der Waals surface area contributed by atoms with Gasteiger partial charge in [0.1, 0.15) is 6.42 Å². The zero-order valence-corrected chi connectivity index (χ0v) is 13.8. The van der Waals surface area contributed by atoms with Gasteiger partial charge in [-0.1, -0.05) is 60.1 Å². The molecule has 2 N–H and O–H groups in total. The molecule has 0 radical (unpaired) electrons. The highest BCUT2D eigenvalue weighted by Gasteiger charge is 2.08. The van der Waals surface area contributed by atoms with E-state index >= 15 is 0 Å². The van der Waals surface area contributed by atoms with Crippen molar-refractivity contribution in [1.82, 2.24) is 10.7 Å². The molecule has 0 spiro atoms. The second-order valence-corrected chi connectivity index (χ2v) is 5.48. The van der Waals surface area contributed by atoms with Crippen molar-refractivity contribution in [3.05, 3.63) is 70.7 Å². The van der Waals surface area contributed by atoms with Crippen molar-refractivity contribution in [1.29, 1.82) is 0 Å². The fourth-order valence-electron chi connectivity index (χ4n) is 1.99. The molecule has 0 atom stereocenters. The molecule has 0 heterocycles. The lowest BCUT2D eigenvalue weighted by atomic mass is 10.1. The lowest BCUT2D eigenvalue weighted by molar-refractivity contribution is -0.129. The number of hydrogen-bond donors (Lipinski definition) is 2. The second-order valence-electron chi connectivity index (χ2n) is 5.08. The van der Waals surface area contributed by atoms with Gasteiger partial charge in [0.05, 0.1) is 6.21 Å². The Morgan fingerprint density at radius 3 is 2.46 bits per heavy atom. The highest BCUT2D eigenvalue weighted by molar-refractivity contribution is 6.33. The van der Waals surface area contributed by atoms with Crippen LogP contribution in [0.25, 0.3) is 0 Å². The number of nitrogens with one attached hydrogen (secondary N) is 2. The molecule has 2 aromatic rings. The molecule has 0 aliphatic rings. The largest absolute Gasteiger partial charge is 0.355 e. The van der Waals surface area contributed by atoms with Gasteiger partial charge < -0.3 is 5.32 Å². The van der Waals surface area contributed by atoms with Crippen LogP contribution in [0.1, 0.15) is 17.5 Å². The Labute approximate surface area is 145 Å². The Morgan fingerprint density at radius 2 is 1.71 bits per heavy atom. The van der Waals surface area contributed by atoms with Crippen LogP contribution in [0.2, 0.25) is 5.02 Å². The van der Waals surface area contributed by atoms with Crippen LogP contribution in [0.5, 0.6) is 0 Å². The fourth-order valence-corrected chi connectivity index (χ4v) is 2.18. The lowest BCUT2D eigenvalue weighted by Crippen LogP contribution is -2.31. The van der Waals surface area contributed by atoms with Gasteiger partial charge >= 0.3 is 0 Å². The zero-order chi connectivity index (χ0) is 17.2. The number of hydrogen-bond acceptors (Lipinski definition) is 3. The van der Waals surface area contributed by atoms with Crippen LogP contribution in [-0.4, -0.2) is 24.6 Å². The summed E-state index contributed by atoms with van der Waals surface area (Å²) in [7, 11) is 0. The predicted molar refractivity (Wildman–Crippen MR) is 95.0 cm³/mol. The minimum Gasteiger partial charge on any atom is -0.355 e. The summed E-state index contributed by atoms with van der Waals surface area (Å²) in [4.78, 5) is 23.3. The molecular weight excluding hydrogens is 326 g/mol. The van der Waals surface area contributed by atoms with E-state index in [1.165, 1.54) is 6.21 Å². The first kappa shape index (κ1) is 17.7. The number of benzene rings is 2. The topological polar surface area (TPSA) is 70.6 Å². The van der Waals surface area contributed by atoms with Crippen LogP contribution in [0.3, 0.4) is 0 Å². The van der Waals surface area contributed by atoms with Gasteiger partial charge in [-0.2, -0.15) is 5.10 Å². The molecule has 2 aromatic carbocycles. The van der Waals surface area contributed by atoms with Crippen LogP contribution in [-0.2, 0) is 16.0 Å². The Bertz CT molecular complexity index is 717. The summed E-state index contributed by atoms with van der Waals surface area (Å²) in [5.74, 6) is -0.813. The van der Waals surface area contributed by atoms with E-state index < -0.39 is 5.91 Å². The highest BCUT2D eigenvalue weighted by Crippen LogP contribution is 2.11. The maximum atomic E-state index is 11.7. The van der Waals surface area contributed by atoms with E-state index in [9.17, 15) is 9.59 Å². The fraction of sp³-hybridized carbons (Fsp3) is 0.167. The van der Waals surface area contributed by atoms with Crippen LogP contribution < -0.4 is 10.7 Å². The molecule has 124 valence electrons. The van der Waals surface area contributed by atoms with E-state index in [2.05, 4.69) is 15.8 Å². The molecule has 0 unspecified atom stereocenters. The Balaban J connectivity index is 1.68. The van der Waals surface area contributed by atoms with Crippen LogP contribution in [0.15, 0.2) is 59.7 Å². The van der Waals surface area contributed by atoms with E-state index in [4.69, 9.17) is 11.6 Å². The van der Waals surface area contributed by atoms with Crippen LogP contribution >= 0.6 is 11.6 Å². The van der Waals surface area contributed by atoms with Gasteiger partial charge in [-0.25, -0.2) is 5.43 Å². The van der Waals surface area contributed by atoms with Gasteiger partial charge in [-0.3, -0.25) is 9.59 Å². The molecule has 2 rings (SSSR count). The van der Waals surface area contributed by atoms with Crippen molar-refractivity contribution in [2.75, 3.05) is 6.54 Å². The van der Waals surface area contributed by atoms with E-state index in [0.29, 0.717) is 17.1 Å². The maximum Gasteiger partial charge on any atom is 0.249 e. The molecule has 2 amide bonds. The van der Waals surface area contributed by atoms with Crippen molar-refractivity contribution in [3.8, 4) is 0 Å². The number of carbonyl (C=O) groups is 2. The molecular formula is C18H18ClN3O2. The van der Waals surface area contributed by atoms with Crippen molar-refractivity contribution in [2.45, 2.75) is 12.8 Å². The number of nitrogens with zero attached hydrogens (tertiary/aromatic N) is 1. The second kappa shape index (κ2) is 9.47. The Kier molecular flexibility index (Phi) is 6.98. The van der Waals surface area contributed by atoms with Crippen molar-refractivity contribution >= 4 is 29.6 Å². The van der Waals surface area contributed by atoms with Crippen LogP contribution in [0, 0.1) is 0 Å². The minimum atomic E-state index is -0.476. The summed E-state index contributed by atoms with van der Waals surface area (Å²) < 4.78 is 0. The van der Waals surface area contributed by atoms with E-state index in [1.54, 1.807) is 18.2 Å². The smallest absolute Gasteiger partial charge is 0.249 e. The van der Waals surface area contributed by atoms with Gasteiger partial charge in [-0.15, -0.1) is 0 Å². The van der Waals surface area contributed by atoms with Crippen molar-refractivity contribution < 1.29 is 9.59 Å². The maximum absolute atomic E-state index is 11.7. The summed E-state index contributed by atoms with van der Waals surface area (Å²) in [6.45, 7) is 0.485. The Morgan fingerprint density at radius 1 is 1.00 bits per heavy atom. The normalized spacial score (nSPS) is 10.5. The van der Waals surface area contributed by atoms with Gasteiger partial charge in [0.25, 0.3) is 0 Å².